The van der Waals surface area contributed by atoms with Crippen LogP contribution in [0.3, 0.4) is 0 Å². The third kappa shape index (κ3) is 4.52. The molecule has 1 amide bonds. The number of carbonyl (C=O) groups is 1. The maximum absolute atomic E-state index is 12.6. The van der Waals surface area contributed by atoms with E-state index in [0.717, 1.165) is 0 Å². The molecule has 6 nitrogen and oxygen atoms in total. The minimum Gasteiger partial charge on any atom is -0.337 e. The Morgan fingerprint density at radius 1 is 1.12 bits per heavy atom. The average molecular weight is 414 g/mol. The Balaban J connectivity index is 1.52. The van der Waals surface area contributed by atoms with Crippen LogP contribution in [0, 0.1) is 0 Å². The largest absolute Gasteiger partial charge is 0.337 e. The van der Waals surface area contributed by atoms with E-state index in [1.54, 1.807) is 28.8 Å². The molecular weight excluding hydrogens is 390 g/mol. The van der Waals surface area contributed by atoms with Crippen molar-refractivity contribution >= 4 is 38.6 Å². The van der Waals surface area contributed by atoms with Crippen LogP contribution in [0.25, 0.3) is 0 Å². The molecule has 9 heteroatoms. The van der Waals surface area contributed by atoms with E-state index < -0.39 is 10.0 Å². The van der Waals surface area contributed by atoms with Gasteiger partial charge in [0.25, 0.3) is 10.0 Å². The third-order valence-corrected chi connectivity index (χ3v) is 8.57. The third-order valence-electron chi connectivity index (χ3n) is 4.44. The highest BCUT2D eigenvalue weighted by atomic mass is 32.2. The van der Waals surface area contributed by atoms with Crippen LogP contribution in [0.1, 0.15) is 11.8 Å². The first-order chi connectivity index (χ1) is 12.5. The summed E-state index contributed by atoms with van der Waals surface area (Å²) in [5, 5.41) is 3.79. The van der Waals surface area contributed by atoms with Gasteiger partial charge in [-0.05, 0) is 29.8 Å². The van der Waals surface area contributed by atoms with Gasteiger partial charge in [-0.1, -0.05) is 12.1 Å². The highest BCUT2D eigenvalue weighted by molar-refractivity contribution is 7.91. The Morgan fingerprint density at radius 2 is 1.81 bits per heavy atom. The topological polar surface area (TPSA) is 60.9 Å². The quantitative estimate of drug-likeness (QED) is 0.698. The summed E-state index contributed by atoms with van der Waals surface area (Å²) in [6.07, 6.45) is 0. The van der Waals surface area contributed by atoms with Crippen LogP contribution < -0.4 is 0 Å². The lowest BCUT2D eigenvalue weighted by atomic mass is 10.3. The molecule has 0 aliphatic carbocycles. The molecule has 0 aromatic carbocycles. The zero-order valence-corrected chi connectivity index (χ0v) is 17.2. The van der Waals surface area contributed by atoms with E-state index in [9.17, 15) is 13.2 Å². The number of rotatable bonds is 7. The number of amides is 1. The fourth-order valence-electron chi connectivity index (χ4n) is 2.92. The molecule has 142 valence electrons. The Labute approximate surface area is 162 Å². The van der Waals surface area contributed by atoms with Crippen molar-refractivity contribution < 1.29 is 13.2 Å². The van der Waals surface area contributed by atoms with Gasteiger partial charge < -0.3 is 4.90 Å². The van der Waals surface area contributed by atoms with Crippen LogP contribution in [-0.4, -0.2) is 67.7 Å². The first-order valence-electron chi connectivity index (χ1n) is 8.57. The van der Waals surface area contributed by atoms with Gasteiger partial charge in [-0.25, -0.2) is 8.42 Å². The molecule has 26 heavy (non-hydrogen) atoms. The maximum atomic E-state index is 12.6. The Bertz CT molecular complexity index is 796. The lowest BCUT2D eigenvalue weighted by Gasteiger charge is -2.34. The van der Waals surface area contributed by atoms with Crippen molar-refractivity contribution in [3.05, 3.63) is 39.9 Å². The lowest BCUT2D eigenvalue weighted by molar-refractivity contribution is -0.133. The van der Waals surface area contributed by atoms with E-state index in [0.29, 0.717) is 50.0 Å². The number of thiophene rings is 2. The number of hydrogen-bond acceptors (Lipinski definition) is 6. The first kappa shape index (κ1) is 19.5. The molecule has 3 rings (SSSR count). The minimum absolute atomic E-state index is 0.0930. The van der Waals surface area contributed by atoms with Crippen LogP contribution in [0.15, 0.2) is 39.2 Å². The fourth-order valence-corrected chi connectivity index (χ4v) is 6.21. The standard InChI is InChI=1S/C17H23N3O3S3/c1-2-19(13-15-5-3-11-24-15)16(21)14-18-7-9-20(10-8-18)26(22,23)17-6-4-12-25-17/h3-6,11-12H,2,7-10,13-14H2,1H3. The number of nitrogens with zero attached hydrogens (tertiary/aromatic N) is 3. The molecule has 3 heterocycles. The second-order valence-electron chi connectivity index (χ2n) is 6.10. The molecule has 0 saturated carbocycles. The Hall–Kier alpha value is -1.26. The average Bonchev–Trinajstić information content (AvgIpc) is 3.34. The second-order valence-corrected chi connectivity index (χ2v) is 10.2. The van der Waals surface area contributed by atoms with E-state index in [2.05, 4.69) is 0 Å². The molecule has 0 atom stereocenters. The number of carbonyl (C=O) groups excluding carboxylic acids is 1. The molecule has 0 spiro atoms. The SMILES string of the molecule is CCN(Cc1cccs1)C(=O)CN1CCN(S(=O)(=O)c2cccs2)CC1. The molecule has 0 bridgehead atoms. The zero-order valence-electron chi connectivity index (χ0n) is 14.7. The lowest BCUT2D eigenvalue weighted by Crippen LogP contribution is -2.51. The van der Waals surface area contributed by atoms with E-state index in [-0.39, 0.29) is 5.91 Å². The van der Waals surface area contributed by atoms with Crippen molar-refractivity contribution in [2.45, 2.75) is 17.7 Å². The molecule has 2 aromatic rings. The van der Waals surface area contributed by atoms with Crippen molar-refractivity contribution in [2.75, 3.05) is 39.3 Å². The molecule has 2 aromatic heterocycles. The summed E-state index contributed by atoms with van der Waals surface area (Å²) < 4.78 is 27.0. The highest BCUT2D eigenvalue weighted by Crippen LogP contribution is 2.22. The number of sulfonamides is 1. The molecular formula is C17H23N3O3S3. The van der Waals surface area contributed by atoms with Crippen molar-refractivity contribution in [1.82, 2.24) is 14.1 Å². The summed E-state index contributed by atoms with van der Waals surface area (Å²) in [6.45, 7) is 5.63. The van der Waals surface area contributed by atoms with Crippen LogP contribution in [0.4, 0.5) is 0 Å². The summed E-state index contributed by atoms with van der Waals surface area (Å²) in [7, 11) is -3.39. The molecule has 1 aliphatic heterocycles. The van der Waals surface area contributed by atoms with Gasteiger partial charge in [0.05, 0.1) is 13.1 Å². The summed E-state index contributed by atoms with van der Waals surface area (Å²) in [5.41, 5.74) is 0. The fraction of sp³-hybridized carbons (Fsp3) is 0.471. The molecule has 0 radical (unpaired) electrons. The van der Waals surface area contributed by atoms with Gasteiger partial charge in [0, 0.05) is 37.6 Å². The smallest absolute Gasteiger partial charge is 0.252 e. The van der Waals surface area contributed by atoms with E-state index in [1.165, 1.54) is 20.5 Å². The first-order valence-corrected chi connectivity index (χ1v) is 11.8. The van der Waals surface area contributed by atoms with Gasteiger partial charge >= 0.3 is 0 Å². The summed E-state index contributed by atoms with van der Waals surface area (Å²) in [6, 6.07) is 7.42. The number of likely N-dealkylation sites (N-methyl/N-ethyl adjacent to an activating group) is 1. The predicted molar refractivity (Wildman–Crippen MR) is 105 cm³/mol. The molecule has 0 N–H and O–H groups in total. The van der Waals surface area contributed by atoms with Gasteiger partial charge in [0.2, 0.25) is 5.91 Å². The van der Waals surface area contributed by atoms with Crippen molar-refractivity contribution in [3.63, 3.8) is 0 Å². The number of piperazine rings is 1. The summed E-state index contributed by atoms with van der Waals surface area (Å²) >= 11 is 2.89. The van der Waals surface area contributed by atoms with E-state index >= 15 is 0 Å². The molecule has 0 unspecified atom stereocenters. The Morgan fingerprint density at radius 3 is 2.38 bits per heavy atom. The van der Waals surface area contributed by atoms with Crippen molar-refractivity contribution in [3.8, 4) is 0 Å². The highest BCUT2D eigenvalue weighted by Gasteiger charge is 2.30. The van der Waals surface area contributed by atoms with Gasteiger partial charge in [0.15, 0.2) is 0 Å². The van der Waals surface area contributed by atoms with Crippen molar-refractivity contribution in [1.29, 1.82) is 0 Å². The second kappa shape index (κ2) is 8.62. The van der Waals surface area contributed by atoms with Crippen LogP contribution in [-0.2, 0) is 21.4 Å². The maximum Gasteiger partial charge on any atom is 0.252 e. The summed E-state index contributed by atoms with van der Waals surface area (Å²) in [5.74, 6) is 0.0930. The normalized spacial score (nSPS) is 16.7. The Kier molecular flexibility index (Phi) is 6.46. The van der Waals surface area contributed by atoms with Crippen LogP contribution in [0.5, 0.6) is 0 Å². The van der Waals surface area contributed by atoms with Gasteiger partial charge in [-0.15, -0.1) is 22.7 Å². The minimum atomic E-state index is -3.39. The molecule has 1 saturated heterocycles. The molecule has 1 fully saturated rings. The van der Waals surface area contributed by atoms with E-state index in [4.69, 9.17) is 0 Å². The van der Waals surface area contributed by atoms with E-state index in [1.807, 2.05) is 34.2 Å². The van der Waals surface area contributed by atoms with Crippen molar-refractivity contribution in [2.24, 2.45) is 0 Å². The predicted octanol–water partition coefficient (Wildman–Crippen LogP) is 2.16. The van der Waals surface area contributed by atoms with Crippen LogP contribution in [0.2, 0.25) is 0 Å². The zero-order chi connectivity index (χ0) is 18.6. The van der Waals surface area contributed by atoms with Gasteiger partial charge in [-0.3, -0.25) is 9.69 Å². The van der Waals surface area contributed by atoms with Gasteiger partial charge in [-0.2, -0.15) is 4.31 Å². The molecule has 1 aliphatic rings. The van der Waals surface area contributed by atoms with Crippen LogP contribution >= 0.6 is 22.7 Å². The number of hydrogen-bond donors (Lipinski definition) is 0. The monoisotopic (exact) mass is 413 g/mol. The summed E-state index contributed by atoms with van der Waals surface area (Å²) in [4.78, 5) is 17.7. The van der Waals surface area contributed by atoms with Gasteiger partial charge in [0.1, 0.15) is 4.21 Å².